The molecule has 2 aromatic carbocycles. The minimum Gasteiger partial charge on any atom is -0.493 e. The van der Waals surface area contributed by atoms with Crippen molar-refractivity contribution in [1.82, 2.24) is 5.01 Å². The molecule has 1 saturated carbocycles. The molecule has 0 radical (unpaired) electrons. The summed E-state index contributed by atoms with van der Waals surface area (Å²) >= 11 is 2.19. The maximum Gasteiger partial charge on any atom is 0.254 e. The van der Waals surface area contributed by atoms with Crippen molar-refractivity contribution in [2.24, 2.45) is 28.8 Å². The first-order valence-electron chi connectivity index (χ1n) is 10.7. The quantitative estimate of drug-likeness (QED) is 0.235. The lowest BCUT2D eigenvalue weighted by atomic mass is 9.63. The number of imide groups is 1. The summed E-state index contributed by atoms with van der Waals surface area (Å²) in [4.78, 5) is 25.9. The zero-order valence-electron chi connectivity index (χ0n) is 17.6. The van der Waals surface area contributed by atoms with Crippen LogP contribution in [0.3, 0.4) is 0 Å². The molecule has 32 heavy (non-hydrogen) atoms. The number of allylic oxidation sites excluding steroid dienone is 2. The molecule has 0 unspecified atom stereocenters. The molecule has 2 amide bonds. The van der Waals surface area contributed by atoms with Gasteiger partial charge in [0.2, 0.25) is 0 Å². The summed E-state index contributed by atoms with van der Waals surface area (Å²) in [6.07, 6.45) is 7.70. The molecule has 0 aromatic heterocycles. The van der Waals surface area contributed by atoms with E-state index in [2.05, 4.69) is 39.8 Å². The van der Waals surface area contributed by atoms with E-state index in [0.717, 1.165) is 32.5 Å². The number of methoxy groups -OCH3 is 1. The van der Waals surface area contributed by atoms with Gasteiger partial charge in [0.05, 0.1) is 28.7 Å². The Morgan fingerprint density at radius 1 is 1.06 bits per heavy atom. The Bertz CT molecular complexity index is 1080. The highest BCUT2D eigenvalue weighted by Gasteiger charge is 2.56. The van der Waals surface area contributed by atoms with E-state index in [9.17, 15) is 9.59 Å². The minimum atomic E-state index is -0.258. The van der Waals surface area contributed by atoms with Crippen LogP contribution in [0, 0.1) is 27.2 Å². The van der Waals surface area contributed by atoms with Gasteiger partial charge >= 0.3 is 0 Å². The third-order valence-corrected chi connectivity index (χ3v) is 7.34. The Morgan fingerprint density at radius 3 is 2.31 bits per heavy atom. The third-order valence-electron chi connectivity index (χ3n) is 6.54. The van der Waals surface area contributed by atoms with Crippen molar-refractivity contribution in [3.05, 3.63) is 69.3 Å². The maximum absolute atomic E-state index is 12.9. The van der Waals surface area contributed by atoms with Gasteiger partial charge in [0, 0.05) is 0 Å². The van der Waals surface area contributed by atoms with Crippen LogP contribution in [-0.2, 0) is 16.2 Å². The van der Waals surface area contributed by atoms with Crippen LogP contribution in [0.25, 0.3) is 0 Å². The van der Waals surface area contributed by atoms with Gasteiger partial charge < -0.3 is 9.47 Å². The van der Waals surface area contributed by atoms with Crippen molar-refractivity contribution in [3.63, 3.8) is 0 Å². The number of fused-ring (bicyclic) bond motifs is 1. The molecule has 2 fully saturated rings. The first kappa shape index (κ1) is 21.2. The van der Waals surface area contributed by atoms with E-state index in [4.69, 9.17) is 9.47 Å². The Labute approximate surface area is 200 Å². The molecular formula is C25H23IN2O4. The van der Waals surface area contributed by atoms with E-state index in [1.54, 1.807) is 19.4 Å². The smallest absolute Gasteiger partial charge is 0.254 e. The molecule has 0 spiro atoms. The van der Waals surface area contributed by atoms with Crippen molar-refractivity contribution >= 4 is 40.6 Å². The highest BCUT2D eigenvalue weighted by Crippen LogP contribution is 2.49. The van der Waals surface area contributed by atoms with Crippen LogP contribution < -0.4 is 9.47 Å². The van der Waals surface area contributed by atoms with Crippen LogP contribution >= 0.6 is 22.6 Å². The monoisotopic (exact) mass is 542 g/mol. The van der Waals surface area contributed by atoms with Gasteiger partial charge in [-0.2, -0.15) is 10.1 Å². The van der Waals surface area contributed by atoms with Crippen molar-refractivity contribution in [1.29, 1.82) is 0 Å². The number of amides is 2. The summed E-state index contributed by atoms with van der Waals surface area (Å²) < 4.78 is 12.4. The average molecular weight is 542 g/mol. The van der Waals surface area contributed by atoms with Gasteiger partial charge in [-0.1, -0.05) is 42.5 Å². The molecule has 164 valence electrons. The standard InChI is InChI=1S/C25H23IN2O4/c1-31-20-12-16(11-19(26)23(20)32-14-15-5-3-2-4-6-15)13-27-28-24(29)21-17-7-8-18(10-9-17)22(21)25(28)30/h2-8,11-13,17-18,21-22H,9-10,14H2,1H3/b27-13-/t17-,18-,21-,22-/m0/s1. The topological polar surface area (TPSA) is 68.2 Å². The number of rotatable bonds is 6. The van der Waals surface area contributed by atoms with E-state index in [0.29, 0.717) is 18.1 Å². The second-order valence-corrected chi connectivity index (χ2v) is 9.54. The Balaban J connectivity index is 1.35. The second-order valence-electron chi connectivity index (χ2n) is 8.38. The van der Waals surface area contributed by atoms with Crippen LogP contribution in [0.5, 0.6) is 11.5 Å². The number of halogens is 1. The Kier molecular flexibility index (Phi) is 5.75. The van der Waals surface area contributed by atoms with E-state index in [1.807, 2.05) is 36.4 Å². The molecule has 7 heteroatoms. The highest BCUT2D eigenvalue weighted by molar-refractivity contribution is 14.1. The summed E-state index contributed by atoms with van der Waals surface area (Å²) in [5.74, 6) is 0.658. The number of hydrazone groups is 1. The lowest BCUT2D eigenvalue weighted by Gasteiger charge is -2.37. The number of hydrogen-bond acceptors (Lipinski definition) is 5. The van der Waals surface area contributed by atoms with Gasteiger partial charge in [0.25, 0.3) is 11.8 Å². The third kappa shape index (κ3) is 3.72. The molecule has 2 bridgehead atoms. The predicted octanol–water partition coefficient (Wildman–Crippen LogP) is 4.41. The Morgan fingerprint density at radius 2 is 1.72 bits per heavy atom. The number of carbonyl (C=O) groups is 2. The van der Waals surface area contributed by atoms with E-state index in [-0.39, 0.29) is 35.5 Å². The maximum atomic E-state index is 12.9. The van der Waals surface area contributed by atoms with E-state index < -0.39 is 0 Å². The first-order valence-corrected chi connectivity index (χ1v) is 11.8. The SMILES string of the molecule is COc1cc(/C=N\N2C(=O)[C@@H]3[C@@H](C2=O)[C@H]2C=C[C@H]3CC2)cc(I)c1OCc1ccccc1. The average Bonchev–Trinajstić information content (AvgIpc) is 3.10. The lowest BCUT2D eigenvalue weighted by molar-refractivity contribution is -0.140. The van der Waals surface area contributed by atoms with Crippen molar-refractivity contribution in [3.8, 4) is 11.5 Å². The van der Waals surface area contributed by atoms with Gasteiger partial charge in [-0.15, -0.1) is 0 Å². The molecule has 0 N–H and O–H groups in total. The molecule has 1 heterocycles. The van der Waals surface area contributed by atoms with Crippen molar-refractivity contribution < 1.29 is 19.1 Å². The lowest BCUT2D eigenvalue weighted by Crippen LogP contribution is -2.38. The molecule has 6 nitrogen and oxygen atoms in total. The highest BCUT2D eigenvalue weighted by atomic mass is 127. The predicted molar refractivity (Wildman–Crippen MR) is 128 cm³/mol. The van der Waals surface area contributed by atoms with Crippen molar-refractivity contribution in [2.75, 3.05) is 7.11 Å². The number of ether oxygens (including phenoxy) is 2. The zero-order chi connectivity index (χ0) is 22.2. The largest absolute Gasteiger partial charge is 0.493 e. The fraction of sp³-hybridized carbons (Fsp3) is 0.320. The molecular weight excluding hydrogens is 519 g/mol. The molecule has 1 aliphatic heterocycles. The summed E-state index contributed by atoms with van der Waals surface area (Å²) in [5.41, 5.74) is 1.79. The summed E-state index contributed by atoms with van der Waals surface area (Å²) in [6, 6.07) is 13.6. The van der Waals surface area contributed by atoms with E-state index in [1.165, 1.54) is 0 Å². The molecule has 4 atom stereocenters. The first-order chi connectivity index (χ1) is 15.6. The van der Waals surface area contributed by atoms with Gasteiger partial charge in [-0.3, -0.25) is 9.59 Å². The summed E-state index contributed by atoms with van der Waals surface area (Å²) in [7, 11) is 1.59. The van der Waals surface area contributed by atoms with Gasteiger partial charge in [-0.05, 0) is 70.5 Å². The molecule has 1 saturated heterocycles. The fourth-order valence-electron chi connectivity index (χ4n) is 4.98. The van der Waals surface area contributed by atoms with Crippen LogP contribution in [0.15, 0.2) is 59.7 Å². The van der Waals surface area contributed by atoms with Crippen LogP contribution in [-0.4, -0.2) is 30.1 Å². The van der Waals surface area contributed by atoms with Crippen LogP contribution in [0.4, 0.5) is 0 Å². The normalized spacial score (nSPS) is 26.1. The molecule has 6 rings (SSSR count). The van der Waals surface area contributed by atoms with Crippen LogP contribution in [0.1, 0.15) is 24.0 Å². The van der Waals surface area contributed by atoms with E-state index >= 15 is 0 Å². The fourth-order valence-corrected chi connectivity index (χ4v) is 5.76. The molecule has 4 aliphatic rings. The number of carbonyl (C=O) groups excluding carboxylic acids is 2. The number of benzene rings is 2. The summed E-state index contributed by atoms with van der Waals surface area (Å²) in [6.45, 7) is 0.427. The minimum absolute atomic E-state index is 0.156. The van der Waals surface area contributed by atoms with Crippen molar-refractivity contribution in [2.45, 2.75) is 19.4 Å². The second kappa shape index (κ2) is 8.69. The zero-order valence-corrected chi connectivity index (χ0v) is 19.8. The number of nitrogens with zero attached hydrogens (tertiary/aromatic N) is 2. The van der Waals surface area contributed by atoms with Gasteiger partial charge in [-0.25, -0.2) is 0 Å². The summed E-state index contributed by atoms with van der Waals surface area (Å²) in [5, 5.41) is 5.37. The van der Waals surface area contributed by atoms with Crippen LogP contribution in [0.2, 0.25) is 0 Å². The Hall–Kier alpha value is -2.68. The molecule has 2 aromatic rings. The number of hydrogen-bond donors (Lipinski definition) is 0. The van der Waals surface area contributed by atoms with Gasteiger partial charge in [0.15, 0.2) is 11.5 Å². The van der Waals surface area contributed by atoms with Gasteiger partial charge in [0.1, 0.15) is 6.61 Å². The molecule has 3 aliphatic carbocycles.